The van der Waals surface area contributed by atoms with Gasteiger partial charge in [-0.05, 0) is 42.1 Å². The summed E-state index contributed by atoms with van der Waals surface area (Å²) in [4.78, 5) is 48.2. The van der Waals surface area contributed by atoms with E-state index in [0.29, 0.717) is 15.8 Å². The standard InChI is InChI=1S/C20H13N7O4S/c28-17(13-5-7-14(8-6-13)27(30)31)25-23-12-15-18(32-20-21-9-3-10-22-20)24-16-4-1-2-11-26(16)19(15)29/h1-12H,(H,25,28)/b23-12+. The Bertz CT molecular complexity index is 1390. The van der Waals surface area contributed by atoms with Gasteiger partial charge in [-0.15, -0.1) is 0 Å². The van der Waals surface area contributed by atoms with Crippen molar-refractivity contribution in [2.24, 2.45) is 5.10 Å². The number of nitrogens with zero attached hydrogens (tertiary/aromatic N) is 6. The number of nitro benzene ring substituents is 1. The second-order valence-corrected chi connectivity index (χ2v) is 7.16. The number of fused-ring (bicyclic) bond motifs is 1. The van der Waals surface area contributed by atoms with Crippen molar-refractivity contribution in [1.82, 2.24) is 24.8 Å². The average molecular weight is 447 g/mol. The third kappa shape index (κ3) is 4.49. The molecule has 0 fully saturated rings. The van der Waals surface area contributed by atoms with Crippen molar-refractivity contribution in [1.29, 1.82) is 0 Å². The minimum Gasteiger partial charge on any atom is -0.268 e. The first-order chi connectivity index (χ1) is 15.5. The Morgan fingerprint density at radius 2 is 1.88 bits per heavy atom. The third-order valence-corrected chi connectivity index (χ3v) is 5.06. The normalized spacial score (nSPS) is 11.0. The number of nitro groups is 1. The van der Waals surface area contributed by atoms with E-state index in [4.69, 9.17) is 0 Å². The first-order valence-corrected chi connectivity index (χ1v) is 9.89. The van der Waals surface area contributed by atoms with Gasteiger partial charge in [-0.3, -0.25) is 24.1 Å². The maximum atomic E-state index is 13.0. The monoisotopic (exact) mass is 447 g/mol. The molecule has 0 unspecified atom stereocenters. The molecule has 0 aliphatic carbocycles. The Labute approximate surface area is 184 Å². The topological polar surface area (TPSA) is 145 Å². The molecule has 11 nitrogen and oxygen atoms in total. The second-order valence-electron chi connectivity index (χ2n) is 6.20. The van der Waals surface area contributed by atoms with E-state index in [1.54, 1.807) is 42.9 Å². The van der Waals surface area contributed by atoms with Crippen molar-refractivity contribution >= 4 is 35.2 Å². The molecule has 0 aliphatic rings. The lowest BCUT2D eigenvalue weighted by Crippen LogP contribution is -2.23. The second kappa shape index (κ2) is 9.14. The maximum Gasteiger partial charge on any atom is 0.271 e. The van der Waals surface area contributed by atoms with Gasteiger partial charge in [-0.1, -0.05) is 6.07 Å². The first-order valence-electron chi connectivity index (χ1n) is 9.07. The molecule has 1 N–H and O–H groups in total. The number of carbonyl (C=O) groups is 1. The summed E-state index contributed by atoms with van der Waals surface area (Å²) in [5.74, 6) is -0.592. The summed E-state index contributed by atoms with van der Waals surface area (Å²) in [7, 11) is 0. The van der Waals surface area contributed by atoms with Crippen LogP contribution in [0.4, 0.5) is 5.69 Å². The lowest BCUT2D eigenvalue weighted by atomic mass is 10.2. The van der Waals surface area contributed by atoms with Crippen LogP contribution in [0.1, 0.15) is 15.9 Å². The zero-order valence-corrected chi connectivity index (χ0v) is 17.0. The van der Waals surface area contributed by atoms with Gasteiger partial charge in [-0.25, -0.2) is 20.4 Å². The Hall–Kier alpha value is -4.45. The summed E-state index contributed by atoms with van der Waals surface area (Å²) in [6.45, 7) is 0. The third-order valence-electron chi connectivity index (χ3n) is 4.16. The molecule has 3 heterocycles. The Balaban J connectivity index is 1.63. The fraction of sp³-hybridized carbons (Fsp3) is 0. The van der Waals surface area contributed by atoms with Crippen LogP contribution in [-0.2, 0) is 0 Å². The molecule has 12 heteroatoms. The summed E-state index contributed by atoms with van der Waals surface area (Å²) in [6.07, 6.45) is 5.91. The molecule has 4 aromatic rings. The molecule has 158 valence electrons. The maximum absolute atomic E-state index is 13.0. The SMILES string of the molecule is O=C(N/N=C/c1c(Sc2ncccn2)nc2ccccn2c1=O)c1ccc([N+](=O)[O-])cc1. The van der Waals surface area contributed by atoms with Crippen molar-refractivity contribution < 1.29 is 9.72 Å². The number of amides is 1. The fourth-order valence-corrected chi connectivity index (χ4v) is 3.44. The molecule has 0 radical (unpaired) electrons. The molecular weight excluding hydrogens is 434 g/mol. The van der Waals surface area contributed by atoms with Gasteiger partial charge in [0.15, 0.2) is 5.16 Å². The van der Waals surface area contributed by atoms with E-state index in [1.165, 1.54) is 34.9 Å². The first kappa shape index (κ1) is 20.8. The molecule has 1 aromatic carbocycles. The van der Waals surface area contributed by atoms with Gasteiger partial charge in [0.05, 0.1) is 16.7 Å². The number of non-ortho nitro benzene ring substituents is 1. The Morgan fingerprint density at radius 1 is 1.12 bits per heavy atom. The molecule has 0 saturated heterocycles. The summed E-state index contributed by atoms with van der Waals surface area (Å²) >= 11 is 1.09. The predicted octanol–water partition coefficient (Wildman–Crippen LogP) is 2.31. The number of carbonyl (C=O) groups excluding carboxylic acids is 1. The Kier molecular flexibility index (Phi) is 5.94. The van der Waals surface area contributed by atoms with Gasteiger partial charge in [-0.2, -0.15) is 5.10 Å². The van der Waals surface area contributed by atoms with Crippen molar-refractivity contribution in [3.63, 3.8) is 0 Å². The molecule has 32 heavy (non-hydrogen) atoms. The van der Waals surface area contributed by atoms with Crippen LogP contribution >= 0.6 is 11.8 Å². The van der Waals surface area contributed by atoms with Gasteiger partial charge >= 0.3 is 0 Å². The van der Waals surface area contributed by atoms with E-state index in [1.807, 2.05) is 0 Å². The molecule has 0 spiro atoms. The summed E-state index contributed by atoms with van der Waals surface area (Å²) < 4.78 is 1.36. The minimum atomic E-state index is -0.592. The van der Waals surface area contributed by atoms with E-state index in [-0.39, 0.29) is 22.4 Å². The number of hydrogen-bond donors (Lipinski definition) is 1. The summed E-state index contributed by atoms with van der Waals surface area (Å²) in [5, 5.41) is 15.3. The van der Waals surface area contributed by atoms with Crippen LogP contribution in [-0.4, -0.2) is 36.4 Å². The van der Waals surface area contributed by atoms with E-state index in [0.717, 1.165) is 11.8 Å². The van der Waals surface area contributed by atoms with E-state index in [9.17, 15) is 19.7 Å². The molecule has 4 rings (SSSR count). The van der Waals surface area contributed by atoms with E-state index in [2.05, 4.69) is 25.5 Å². The number of nitrogens with one attached hydrogen (secondary N) is 1. The number of hydrogen-bond acceptors (Lipinski definition) is 9. The van der Waals surface area contributed by atoms with Crippen LogP contribution in [0.3, 0.4) is 0 Å². The number of hydrazone groups is 1. The van der Waals surface area contributed by atoms with Crippen LogP contribution in [0.2, 0.25) is 0 Å². The highest BCUT2D eigenvalue weighted by atomic mass is 32.2. The fourth-order valence-electron chi connectivity index (χ4n) is 2.65. The zero-order chi connectivity index (χ0) is 22.5. The highest BCUT2D eigenvalue weighted by Crippen LogP contribution is 2.23. The van der Waals surface area contributed by atoms with Crippen LogP contribution < -0.4 is 11.0 Å². The van der Waals surface area contributed by atoms with Crippen molar-refractivity contribution in [3.05, 3.63) is 98.7 Å². The lowest BCUT2D eigenvalue weighted by Gasteiger charge is -2.07. The molecule has 0 aliphatic heterocycles. The van der Waals surface area contributed by atoms with Crippen molar-refractivity contribution in [2.45, 2.75) is 10.2 Å². The molecule has 0 bridgehead atoms. The molecular formula is C20H13N7O4S. The van der Waals surface area contributed by atoms with Crippen LogP contribution in [0, 0.1) is 10.1 Å². The van der Waals surface area contributed by atoms with Crippen molar-refractivity contribution in [3.8, 4) is 0 Å². The highest BCUT2D eigenvalue weighted by molar-refractivity contribution is 7.99. The van der Waals surface area contributed by atoms with Gasteiger partial charge in [0, 0.05) is 36.3 Å². The number of pyridine rings is 1. The molecule has 0 saturated carbocycles. The quantitative estimate of drug-likeness (QED) is 0.156. The lowest BCUT2D eigenvalue weighted by molar-refractivity contribution is -0.384. The number of benzene rings is 1. The predicted molar refractivity (Wildman–Crippen MR) is 116 cm³/mol. The van der Waals surface area contributed by atoms with Gasteiger partial charge < -0.3 is 0 Å². The van der Waals surface area contributed by atoms with Crippen LogP contribution in [0.15, 0.2) is 87.2 Å². The Morgan fingerprint density at radius 3 is 2.59 bits per heavy atom. The largest absolute Gasteiger partial charge is 0.271 e. The van der Waals surface area contributed by atoms with Crippen molar-refractivity contribution in [2.75, 3.05) is 0 Å². The number of rotatable bonds is 6. The van der Waals surface area contributed by atoms with Gasteiger partial charge in [0.2, 0.25) is 0 Å². The van der Waals surface area contributed by atoms with E-state index < -0.39 is 10.8 Å². The summed E-state index contributed by atoms with van der Waals surface area (Å²) in [6, 6.07) is 11.9. The van der Waals surface area contributed by atoms with Crippen LogP contribution in [0.5, 0.6) is 0 Å². The van der Waals surface area contributed by atoms with Gasteiger partial charge in [0.25, 0.3) is 17.2 Å². The number of aromatic nitrogens is 4. The minimum absolute atomic E-state index is 0.134. The zero-order valence-electron chi connectivity index (χ0n) is 16.2. The molecule has 3 aromatic heterocycles. The van der Waals surface area contributed by atoms with Gasteiger partial charge in [0.1, 0.15) is 10.7 Å². The smallest absolute Gasteiger partial charge is 0.268 e. The molecule has 0 atom stereocenters. The highest BCUT2D eigenvalue weighted by Gasteiger charge is 2.14. The summed E-state index contributed by atoms with van der Waals surface area (Å²) in [5.41, 5.74) is 2.53. The van der Waals surface area contributed by atoms with E-state index >= 15 is 0 Å². The molecule has 1 amide bonds. The van der Waals surface area contributed by atoms with Crippen LogP contribution in [0.25, 0.3) is 5.65 Å². The average Bonchev–Trinajstić information content (AvgIpc) is 2.81.